The van der Waals surface area contributed by atoms with E-state index in [9.17, 15) is 15.0 Å². The molecule has 0 unspecified atom stereocenters. The van der Waals surface area contributed by atoms with E-state index in [1.807, 2.05) is 13.0 Å². The molecule has 2 N–H and O–H groups in total. The van der Waals surface area contributed by atoms with Crippen LogP contribution in [0.2, 0.25) is 0 Å². The molecule has 0 aromatic carbocycles. The minimum atomic E-state index is -0.628. The molecule has 3 aliphatic rings. The minimum absolute atomic E-state index is 0.249. The first kappa shape index (κ1) is 23.2. The number of carbonyl (C=O) groups is 1. The molecule has 6 atom stereocenters. The second-order valence-corrected chi connectivity index (χ2v) is 10.2. The van der Waals surface area contributed by atoms with Gasteiger partial charge in [-0.15, -0.1) is 0 Å². The quantitative estimate of drug-likeness (QED) is 0.435. The Hall–Kier alpha value is -1.45. The number of aliphatic hydroxyl groups excluding tert-OH is 2. The molecule has 166 valence electrons. The molecule has 3 saturated carbocycles. The molecule has 0 aromatic rings. The first-order valence-corrected chi connectivity index (χ1v) is 11.8. The maximum Gasteiger partial charge on any atom is 0.155 e. The lowest BCUT2D eigenvalue weighted by Gasteiger charge is -2.44. The molecular weight excluding hydrogens is 372 g/mol. The Balaban J connectivity index is 1.69. The van der Waals surface area contributed by atoms with Crippen molar-refractivity contribution in [3.8, 4) is 0 Å². The summed E-state index contributed by atoms with van der Waals surface area (Å²) in [6.45, 7) is 10.5. The SMILES string of the molecule is C=C1[C@H](O)CC(=C/C=C2\CCC[C@]3(C)[C@@H]([C@H](C)CCC(=O)/C=C/C)CC[C@@H]23)C[C@H]1O. The van der Waals surface area contributed by atoms with E-state index in [1.165, 1.54) is 25.7 Å². The molecule has 3 nitrogen and oxygen atoms in total. The normalized spacial score (nSPS) is 36.9. The highest BCUT2D eigenvalue weighted by Crippen LogP contribution is 2.59. The van der Waals surface area contributed by atoms with Gasteiger partial charge >= 0.3 is 0 Å². The van der Waals surface area contributed by atoms with Crippen molar-refractivity contribution >= 4 is 5.78 Å². The Labute approximate surface area is 182 Å². The highest BCUT2D eigenvalue weighted by molar-refractivity contribution is 5.89. The summed E-state index contributed by atoms with van der Waals surface area (Å²) in [6, 6.07) is 0. The summed E-state index contributed by atoms with van der Waals surface area (Å²) in [5.41, 5.74) is 3.54. The maximum absolute atomic E-state index is 11.9. The van der Waals surface area contributed by atoms with E-state index in [4.69, 9.17) is 0 Å². The van der Waals surface area contributed by atoms with Crippen LogP contribution in [0.1, 0.15) is 78.6 Å². The summed E-state index contributed by atoms with van der Waals surface area (Å²) < 4.78 is 0. The van der Waals surface area contributed by atoms with Gasteiger partial charge < -0.3 is 10.2 Å². The van der Waals surface area contributed by atoms with Gasteiger partial charge in [-0.1, -0.05) is 49.8 Å². The summed E-state index contributed by atoms with van der Waals surface area (Å²) in [7, 11) is 0. The second-order valence-electron chi connectivity index (χ2n) is 10.2. The van der Waals surface area contributed by atoms with E-state index in [0.29, 0.717) is 48.0 Å². The topological polar surface area (TPSA) is 57.5 Å². The van der Waals surface area contributed by atoms with E-state index in [2.05, 4.69) is 32.6 Å². The minimum Gasteiger partial charge on any atom is -0.388 e. The monoisotopic (exact) mass is 412 g/mol. The Bertz CT molecular complexity index is 727. The van der Waals surface area contributed by atoms with Gasteiger partial charge in [0.25, 0.3) is 0 Å². The zero-order valence-electron chi connectivity index (χ0n) is 19.1. The third-order valence-corrected chi connectivity index (χ3v) is 8.22. The number of fused-ring (bicyclic) bond motifs is 1. The Morgan fingerprint density at radius 3 is 2.60 bits per heavy atom. The van der Waals surface area contributed by atoms with Crippen molar-refractivity contribution in [1.29, 1.82) is 0 Å². The number of hydrogen-bond donors (Lipinski definition) is 2. The Morgan fingerprint density at radius 1 is 1.23 bits per heavy atom. The highest BCUT2D eigenvalue weighted by atomic mass is 16.3. The lowest BCUT2D eigenvalue weighted by molar-refractivity contribution is -0.115. The fourth-order valence-electron chi connectivity index (χ4n) is 6.48. The first-order valence-electron chi connectivity index (χ1n) is 11.8. The first-order chi connectivity index (χ1) is 14.3. The molecule has 30 heavy (non-hydrogen) atoms. The van der Waals surface area contributed by atoms with E-state index >= 15 is 0 Å². The average molecular weight is 413 g/mol. The van der Waals surface area contributed by atoms with Gasteiger partial charge in [0, 0.05) is 6.42 Å². The van der Waals surface area contributed by atoms with Crippen molar-refractivity contribution in [3.63, 3.8) is 0 Å². The van der Waals surface area contributed by atoms with E-state index < -0.39 is 12.2 Å². The van der Waals surface area contributed by atoms with Crippen molar-refractivity contribution in [2.24, 2.45) is 23.2 Å². The molecule has 3 heteroatoms. The fraction of sp³-hybridized carbons (Fsp3) is 0.667. The molecule has 3 fully saturated rings. The average Bonchev–Trinajstić information content (AvgIpc) is 3.06. The maximum atomic E-state index is 11.9. The second kappa shape index (κ2) is 9.78. The number of hydrogen-bond acceptors (Lipinski definition) is 3. The highest BCUT2D eigenvalue weighted by Gasteiger charge is 2.50. The van der Waals surface area contributed by atoms with Crippen LogP contribution < -0.4 is 0 Å². The van der Waals surface area contributed by atoms with Crippen molar-refractivity contribution in [2.75, 3.05) is 0 Å². The Morgan fingerprint density at radius 2 is 1.93 bits per heavy atom. The molecule has 3 aliphatic carbocycles. The molecule has 0 amide bonds. The van der Waals surface area contributed by atoms with E-state index in [0.717, 1.165) is 18.4 Å². The number of ketones is 1. The van der Waals surface area contributed by atoms with Crippen molar-refractivity contribution < 1.29 is 15.0 Å². The molecule has 0 bridgehead atoms. The number of allylic oxidation sites excluding steroid dienone is 5. The lowest BCUT2D eigenvalue weighted by atomic mass is 9.60. The summed E-state index contributed by atoms with van der Waals surface area (Å²) in [6.07, 6.45) is 15.7. The Kier molecular flexibility index (Phi) is 7.57. The van der Waals surface area contributed by atoms with Crippen molar-refractivity contribution in [3.05, 3.63) is 47.6 Å². The predicted molar refractivity (Wildman–Crippen MR) is 123 cm³/mol. The number of carbonyl (C=O) groups excluding carboxylic acids is 1. The van der Waals surface area contributed by atoms with E-state index in [-0.39, 0.29) is 5.78 Å². The lowest BCUT2D eigenvalue weighted by Crippen LogP contribution is -2.36. The van der Waals surface area contributed by atoms with Crippen LogP contribution in [0.25, 0.3) is 0 Å². The zero-order chi connectivity index (χ0) is 21.9. The van der Waals surface area contributed by atoms with Crippen LogP contribution in [0.15, 0.2) is 47.6 Å². The third-order valence-electron chi connectivity index (χ3n) is 8.22. The molecule has 0 aliphatic heterocycles. The summed E-state index contributed by atoms with van der Waals surface area (Å²) in [5, 5.41) is 20.2. The van der Waals surface area contributed by atoms with Gasteiger partial charge in [0.15, 0.2) is 5.78 Å². The van der Waals surface area contributed by atoms with Crippen LogP contribution in [0, 0.1) is 23.2 Å². The van der Waals surface area contributed by atoms with Crippen LogP contribution in [0.4, 0.5) is 0 Å². The summed E-state index contributed by atoms with van der Waals surface area (Å²) >= 11 is 0. The van der Waals surface area contributed by atoms with Gasteiger partial charge in [-0.25, -0.2) is 0 Å². The predicted octanol–water partition coefficient (Wildman–Crippen LogP) is 5.69. The van der Waals surface area contributed by atoms with Gasteiger partial charge in [0.1, 0.15) is 0 Å². The van der Waals surface area contributed by atoms with Gasteiger partial charge in [-0.05, 0) is 93.1 Å². The van der Waals surface area contributed by atoms with Crippen molar-refractivity contribution in [2.45, 2.75) is 90.8 Å². The fourth-order valence-corrected chi connectivity index (χ4v) is 6.48. The number of aliphatic hydroxyl groups is 2. The molecule has 0 aromatic heterocycles. The summed E-state index contributed by atoms with van der Waals surface area (Å²) in [5.74, 6) is 2.12. The number of rotatable bonds is 6. The van der Waals surface area contributed by atoms with Crippen LogP contribution in [-0.4, -0.2) is 28.2 Å². The van der Waals surface area contributed by atoms with E-state index in [1.54, 1.807) is 11.6 Å². The van der Waals surface area contributed by atoms with Crippen LogP contribution in [-0.2, 0) is 4.79 Å². The van der Waals surface area contributed by atoms with Crippen LogP contribution in [0.3, 0.4) is 0 Å². The molecule has 0 spiro atoms. The third kappa shape index (κ3) is 4.89. The van der Waals surface area contributed by atoms with Gasteiger partial charge in [-0.2, -0.15) is 0 Å². The van der Waals surface area contributed by atoms with Gasteiger partial charge in [-0.3, -0.25) is 4.79 Å². The largest absolute Gasteiger partial charge is 0.388 e. The van der Waals surface area contributed by atoms with Crippen LogP contribution in [0.5, 0.6) is 0 Å². The van der Waals surface area contributed by atoms with Gasteiger partial charge in [0.05, 0.1) is 12.2 Å². The zero-order valence-corrected chi connectivity index (χ0v) is 19.1. The molecule has 3 rings (SSSR count). The summed E-state index contributed by atoms with van der Waals surface area (Å²) in [4.78, 5) is 11.9. The molecule has 0 radical (unpaired) electrons. The smallest absolute Gasteiger partial charge is 0.155 e. The standard InChI is InChI=1S/C27H40O3/c1-5-7-22(28)12-9-18(2)23-13-14-24-21(8-6-15-27(23,24)4)11-10-20-16-25(29)19(3)26(30)17-20/h5,7,10-11,18,23-26,29-30H,3,6,8-9,12-17H2,1-2,4H3/b7-5+,21-11+/t18-,23-,24+,25-,26-,27-/m1/s1. The van der Waals surface area contributed by atoms with Crippen LogP contribution >= 0.6 is 0 Å². The molecule has 0 heterocycles. The van der Waals surface area contributed by atoms with Crippen molar-refractivity contribution in [1.82, 2.24) is 0 Å². The molecule has 0 saturated heterocycles. The molecular formula is C27H40O3. The van der Waals surface area contributed by atoms with Gasteiger partial charge in [0.2, 0.25) is 0 Å².